The maximum absolute atomic E-state index is 9.05. The van der Waals surface area contributed by atoms with Crippen LogP contribution in [0.3, 0.4) is 0 Å². The van der Waals surface area contributed by atoms with Gasteiger partial charge in [0.1, 0.15) is 0 Å². The number of benzene rings is 1. The third kappa shape index (κ3) is 3.81. The molecule has 104 valence electrons. The standard InChI is InChI=1S/C14H21N3OS/c1-2-3-10(6-7-18)9-16-14-17-12-5-4-11(15)8-13(12)19-14/h4-5,8,10,18H,2-3,6-7,9,15H2,1H3,(H,16,17). The second kappa shape index (κ2) is 6.73. The summed E-state index contributed by atoms with van der Waals surface area (Å²) in [5, 5.41) is 13.4. The van der Waals surface area contributed by atoms with Crippen molar-refractivity contribution in [2.24, 2.45) is 5.92 Å². The molecule has 1 atom stereocenters. The summed E-state index contributed by atoms with van der Waals surface area (Å²) < 4.78 is 1.11. The summed E-state index contributed by atoms with van der Waals surface area (Å²) in [5.41, 5.74) is 7.52. The molecule has 1 aromatic carbocycles. The summed E-state index contributed by atoms with van der Waals surface area (Å²) in [4.78, 5) is 4.54. The average Bonchev–Trinajstić information content (AvgIpc) is 2.78. The third-order valence-electron chi connectivity index (χ3n) is 3.19. The largest absolute Gasteiger partial charge is 0.399 e. The fraction of sp³-hybridized carbons (Fsp3) is 0.500. The number of thiazole rings is 1. The molecule has 2 rings (SSSR count). The monoisotopic (exact) mass is 279 g/mol. The fourth-order valence-electron chi connectivity index (χ4n) is 2.19. The molecule has 0 fully saturated rings. The summed E-state index contributed by atoms with van der Waals surface area (Å²) in [6.45, 7) is 3.29. The zero-order valence-electron chi connectivity index (χ0n) is 11.2. The summed E-state index contributed by atoms with van der Waals surface area (Å²) in [6, 6.07) is 5.77. The van der Waals surface area contributed by atoms with E-state index < -0.39 is 0 Å². The molecule has 19 heavy (non-hydrogen) atoms. The highest BCUT2D eigenvalue weighted by Gasteiger charge is 2.09. The quantitative estimate of drug-likeness (QED) is 0.681. The van der Waals surface area contributed by atoms with Crippen LogP contribution in [-0.2, 0) is 0 Å². The molecular formula is C14H21N3OS. The number of anilines is 2. The molecule has 0 radical (unpaired) electrons. The Balaban J connectivity index is 2.00. The van der Waals surface area contributed by atoms with Gasteiger partial charge in [-0.2, -0.15) is 0 Å². The van der Waals surface area contributed by atoms with Crippen LogP contribution in [-0.4, -0.2) is 23.2 Å². The zero-order valence-corrected chi connectivity index (χ0v) is 12.0. The number of hydrogen-bond acceptors (Lipinski definition) is 5. The van der Waals surface area contributed by atoms with Gasteiger partial charge in [-0.1, -0.05) is 24.7 Å². The van der Waals surface area contributed by atoms with Crippen molar-refractivity contribution in [3.8, 4) is 0 Å². The summed E-state index contributed by atoms with van der Waals surface area (Å²) >= 11 is 1.62. The normalized spacial score (nSPS) is 12.7. The second-order valence-electron chi connectivity index (χ2n) is 4.79. The van der Waals surface area contributed by atoms with Crippen molar-refractivity contribution in [3.05, 3.63) is 18.2 Å². The molecule has 0 amide bonds. The lowest BCUT2D eigenvalue weighted by atomic mass is 10.0. The van der Waals surface area contributed by atoms with Crippen molar-refractivity contribution in [1.82, 2.24) is 4.98 Å². The van der Waals surface area contributed by atoms with Crippen LogP contribution in [0.1, 0.15) is 26.2 Å². The molecule has 0 spiro atoms. The minimum atomic E-state index is 0.253. The zero-order chi connectivity index (χ0) is 13.7. The minimum absolute atomic E-state index is 0.253. The van der Waals surface area contributed by atoms with Gasteiger partial charge in [-0.3, -0.25) is 0 Å². The van der Waals surface area contributed by atoms with Gasteiger partial charge in [0.05, 0.1) is 10.2 Å². The van der Waals surface area contributed by atoms with E-state index >= 15 is 0 Å². The number of aromatic nitrogens is 1. The maximum atomic E-state index is 9.05. The predicted octanol–water partition coefficient (Wildman–Crippen LogP) is 3.09. The Morgan fingerprint density at radius 3 is 3.00 bits per heavy atom. The maximum Gasteiger partial charge on any atom is 0.183 e. The highest BCUT2D eigenvalue weighted by molar-refractivity contribution is 7.22. The Labute approximate surface area is 117 Å². The summed E-state index contributed by atoms with van der Waals surface area (Å²) in [6.07, 6.45) is 3.12. The summed E-state index contributed by atoms with van der Waals surface area (Å²) in [7, 11) is 0. The van der Waals surface area contributed by atoms with Crippen molar-refractivity contribution in [3.63, 3.8) is 0 Å². The first-order valence-electron chi connectivity index (χ1n) is 6.73. The van der Waals surface area contributed by atoms with Crippen molar-refractivity contribution in [1.29, 1.82) is 0 Å². The number of nitrogen functional groups attached to an aromatic ring is 1. The van der Waals surface area contributed by atoms with Crippen molar-refractivity contribution < 1.29 is 5.11 Å². The topological polar surface area (TPSA) is 71.2 Å². The Morgan fingerprint density at radius 1 is 1.42 bits per heavy atom. The van der Waals surface area contributed by atoms with Gasteiger partial charge in [0.2, 0.25) is 0 Å². The Bertz CT molecular complexity index is 520. The van der Waals surface area contributed by atoms with Gasteiger partial charge in [-0.15, -0.1) is 0 Å². The molecule has 4 nitrogen and oxygen atoms in total. The van der Waals surface area contributed by atoms with E-state index in [1.54, 1.807) is 11.3 Å². The smallest absolute Gasteiger partial charge is 0.183 e. The number of nitrogens with zero attached hydrogens (tertiary/aromatic N) is 1. The molecular weight excluding hydrogens is 258 g/mol. The number of nitrogens with two attached hydrogens (primary N) is 1. The molecule has 2 aromatic rings. The van der Waals surface area contributed by atoms with Gasteiger partial charge in [-0.05, 0) is 37.0 Å². The number of aliphatic hydroxyl groups is 1. The van der Waals surface area contributed by atoms with Crippen LogP contribution in [0.25, 0.3) is 10.2 Å². The number of aliphatic hydroxyl groups excluding tert-OH is 1. The van der Waals surface area contributed by atoms with E-state index in [9.17, 15) is 0 Å². The molecule has 4 N–H and O–H groups in total. The van der Waals surface area contributed by atoms with Crippen molar-refractivity contribution >= 4 is 32.4 Å². The average molecular weight is 279 g/mol. The highest BCUT2D eigenvalue weighted by atomic mass is 32.1. The first-order valence-corrected chi connectivity index (χ1v) is 7.55. The van der Waals surface area contributed by atoms with Crippen LogP contribution < -0.4 is 11.1 Å². The van der Waals surface area contributed by atoms with Crippen LogP contribution >= 0.6 is 11.3 Å². The van der Waals surface area contributed by atoms with E-state index in [-0.39, 0.29) is 6.61 Å². The number of hydrogen-bond donors (Lipinski definition) is 3. The highest BCUT2D eigenvalue weighted by Crippen LogP contribution is 2.27. The lowest BCUT2D eigenvalue weighted by molar-refractivity contribution is 0.255. The van der Waals surface area contributed by atoms with Gasteiger partial charge < -0.3 is 16.2 Å². The predicted molar refractivity (Wildman–Crippen MR) is 82.6 cm³/mol. The van der Waals surface area contributed by atoms with Gasteiger partial charge >= 0.3 is 0 Å². The van der Waals surface area contributed by atoms with Crippen molar-refractivity contribution in [2.45, 2.75) is 26.2 Å². The molecule has 0 saturated carbocycles. The minimum Gasteiger partial charge on any atom is -0.399 e. The molecule has 0 aliphatic carbocycles. The van der Waals surface area contributed by atoms with Crippen LogP contribution in [0.5, 0.6) is 0 Å². The lowest BCUT2D eigenvalue weighted by Crippen LogP contribution is -2.15. The first kappa shape index (κ1) is 14.1. The Kier molecular flexibility index (Phi) is 4.99. The molecule has 5 heteroatoms. The van der Waals surface area contributed by atoms with E-state index in [0.717, 1.165) is 46.8 Å². The second-order valence-corrected chi connectivity index (χ2v) is 5.82. The molecule has 0 aliphatic rings. The fourth-order valence-corrected chi connectivity index (χ4v) is 3.11. The van der Waals surface area contributed by atoms with Crippen LogP contribution in [0.4, 0.5) is 10.8 Å². The third-order valence-corrected chi connectivity index (χ3v) is 4.16. The Hall–Kier alpha value is -1.33. The SMILES string of the molecule is CCCC(CCO)CNc1nc2ccc(N)cc2s1. The summed E-state index contributed by atoms with van der Waals surface area (Å²) in [5.74, 6) is 0.507. The number of rotatable bonds is 7. The van der Waals surface area contributed by atoms with Crippen LogP contribution in [0.2, 0.25) is 0 Å². The number of fused-ring (bicyclic) bond motifs is 1. The van der Waals surface area contributed by atoms with E-state index in [4.69, 9.17) is 10.8 Å². The molecule has 1 heterocycles. The Morgan fingerprint density at radius 2 is 2.26 bits per heavy atom. The van der Waals surface area contributed by atoms with Gasteiger partial charge in [0.25, 0.3) is 0 Å². The van der Waals surface area contributed by atoms with Crippen LogP contribution in [0, 0.1) is 5.92 Å². The number of nitrogens with one attached hydrogen (secondary N) is 1. The van der Waals surface area contributed by atoms with E-state index in [1.807, 2.05) is 18.2 Å². The van der Waals surface area contributed by atoms with Gasteiger partial charge in [0, 0.05) is 18.8 Å². The van der Waals surface area contributed by atoms with Gasteiger partial charge in [-0.25, -0.2) is 4.98 Å². The molecule has 0 saturated heterocycles. The van der Waals surface area contributed by atoms with Gasteiger partial charge in [0.15, 0.2) is 5.13 Å². The van der Waals surface area contributed by atoms with E-state index in [0.29, 0.717) is 5.92 Å². The molecule has 0 aliphatic heterocycles. The van der Waals surface area contributed by atoms with Crippen LogP contribution in [0.15, 0.2) is 18.2 Å². The molecule has 1 unspecified atom stereocenters. The van der Waals surface area contributed by atoms with E-state index in [1.165, 1.54) is 0 Å². The van der Waals surface area contributed by atoms with E-state index in [2.05, 4.69) is 17.2 Å². The molecule has 1 aromatic heterocycles. The first-order chi connectivity index (χ1) is 9.22. The van der Waals surface area contributed by atoms with Crippen molar-refractivity contribution in [2.75, 3.05) is 24.2 Å². The molecule has 0 bridgehead atoms. The lowest BCUT2D eigenvalue weighted by Gasteiger charge is -2.14.